The minimum atomic E-state index is -0.603. The van der Waals surface area contributed by atoms with Crippen LogP contribution >= 0.6 is 0 Å². The summed E-state index contributed by atoms with van der Waals surface area (Å²) in [5, 5.41) is 4.41. The van der Waals surface area contributed by atoms with Gasteiger partial charge in [0.25, 0.3) is 0 Å². The molecule has 4 aromatic rings. The van der Waals surface area contributed by atoms with Gasteiger partial charge < -0.3 is 15.2 Å². The van der Waals surface area contributed by atoms with Crippen LogP contribution in [0.1, 0.15) is 22.9 Å². The van der Waals surface area contributed by atoms with Gasteiger partial charge in [0.2, 0.25) is 0 Å². The van der Waals surface area contributed by atoms with E-state index in [4.69, 9.17) is 0 Å². The molecule has 176 valence electrons. The predicted molar refractivity (Wildman–Crippen MR) is 130 cm³/mol. The molecule has 3 heterocycles. The summed E-state index contributed by atoms with van der Waals surface area (Å²) in [6.45, 7) is 3.00. The molecule has 0 saturated heterocycles. The van der Waals surface area contributed by atoms with E-state index in [0.717, 1.165) is 41.8 Å². The molecule has 0 N–H and O–H groups in total. The number of benzene rings is 3. The largest absolute Gasteiger partial charge is 3.00 e. The van der Waals surface area contributed by atoms with Gasteiger partial charge in [0.15, 0.2) is 0 Å². The van der Waals surface area contributed by atoms with Gasteiger partial charge in [0.1, 0.15) is 0 Å². The maximum atomic E-state index is 14.0. The molecule has 1 atom stereocenters. The Kier molecular flexibility index (Phi) is 7.74. The Morgan fingerprint density at radius 2 is 1.86 bits per heavy atom. The van der Waals surface area contributed by atoms with Crippen LogP contribution < -0.4 is 0 Å². The van der Waals surface area contributed by atoms with E-state index in [0.29, 0.717) is 5.69 Å². The molecular formula is C29H22F2IrN3. The fraction of sp³-hybridized carbons (Fsp3) is 0.138. The summed E-state index contributed by atoms with van der Waals surface area (Å²) in [5.41, 5.74) is 5.75. The summed E-state index contributed by atoms with van der Waals surface area (Å²) in [6, 6.07) is 25.5. The first-order valence-corrected chi connectivity index (χ1v) is 11.1. The number of hydrogen-bond donors (Lipinski definition) is 0. The van der Waals surface area contributed by atoms with E-state index in [1.54, 1.807) is 6.20 Å². The van der Waals surface area contributed by atoms with Crippen molar-refractivity contribution < 1.29 is 28.9 Å². The van der Waals surface area contributed by atoms with Crippen molar-refractivity contribution in [3.63, 3.8) is 0 Å². The van der Waals surface area contributed by atoms with Crippen molar-refractivity contribution in [2.75, 3.05) is 6.54 Å². The number of fused-ring (bicyclic) bond motifs is 3. The van der Waals surface area contributed by atoms with Crippen molar-refractivity contribution in [3.8, 4) is 22.4 Å². The first-order chi connectivity index (χ1) is 16.6. The van der Waals surface area contributed by atoms with Crippen LogP contribution in [0.3, 0.4) is 0 Å². The van der Waals surface area contributed by atoms with Crippen molar-refractivity contribution in [3.05, 3.63) is 131 Å². The van der Waals surface area contributed by atoms with Crippen molar-refractivity contribution in [2.24, 2.45) is 0 Å². The van der Waals surface area contributed by atoms with Crippen LogP contribution in [0.15, 0.2) is 85.3 Å². The Bertz CT molecular complexity index is 1340. The van der Waals surface area contributed by atoms with Gasteiger partial charge in [0, 0.05) is 24.4 Å². The Hall–Kier alpha value is -3.34. The normalized spacial score (nSPS) is 15.2. The Morgan fingerprint density at radius 1 is 1.03 bits per heavy atom. The van der Waals surface area contributed by atoms with Crippen LogP contribution in [-0.4, -0.2) is 16.4 Å². The SMILES string of the molecule is Cc1ccnc(-c2[c-]c(F)ccc2F)c1-c1ccccc1.[Ir+3].[c-]1cccc2c1C1[N-]C=CN1CC2. The molecule has 2 aliphatic heterocycles. The van der Waals surface area contributed by atoms with Gasteiger partial charge in [-0.05, 0) is 47.7 Å². The molecule has 1 unspecified atom stereocenters. The van der Waals surface area contributed by atoms with E-state index in [1.165, 1.54) is 11.1 Å². The zero-order valence-corrected chi connectivity index (χ0v) is 21.4. The number of aryl methyl sites for hydroxylation is 1. The molecule has 3 nitrogen and oxygen atoms in total. The average Bonchev–Trinajstić information content (AvgIpc) is 3.36. The van der Waals surface area contributed by atoms with Crippen molar-refractivity contribution in [1.82, 2.24) is 9.88 Å². The predicted octanol–water partition coefficient (Wildman–Crippen LogP) is 7.00. The van der Waals surface area contributed by atoms with E-state index in [9.17, 15) is 8.78 Å². The van der Waals surface area contributed by atoms with Gasteiger partial charge in [-0.3, -0.25) is 4.39 Å². The fourth-order valence-corrected chi connectivity index (χ4v) is 4.34. The van der Waals surface area contributed by atoms with Gasteiger partial charge in [-0.2, -0.15) is 41.6 Å². The number of halogens is 2. The molecule has 6 heteroatoms. The van der Waals surface area contributed by atoms with E-state index in [1.807, 2.05) is 55.6 Å². The standard InChI is InChI=1S/C18H12F2N.C11H10N2.Ir/c1-12-9-10-21-18(15-11-14(19)7-8-16(15)20)17(12)13-5-3-2-4-6-13;1-2-4-10-9(3-1)5-7-13-8-6-12-11(10)13;/h2-10H,1H3;1-3,6,8,11H,5,7H2;/q-1;-2;+3. The summed E-state index contributed by atoms with van der Waals surface area (Å²) in [5.74, 6) is -1.14. The zero-order chi connectivity index (χ0) is 23.5. The number of nitrogens with zero attached hydrogens (tertiary/aromatic N) is 3. The molecule has 2 aliphatic rings. The van der Waals surface area contributed by atoms with Gasteiger partial charge in [0.05, 0.1) is 0 Å². The van der Waals surface area contributed by atoms with Crippen molar-refractivity contribution in [1.29, 1.82) is 0 Å². The maximum Gasteiger partial charge on any atom is 3.00 e. The first kappa shape index (κ1) is 24.8. The monoisotopic (exact) mass is 643 g/mol. The van der Waals surface area contributed by atoms with Crippen LogP contribution in [0.4, 0.5) is 8.78 Å². The molecule has 0 spiro atoms. The van der Waals surface area contributed by atoms with Crippen LogP contribution in [0, 0.1) is 30.7 Å². The molecule has 0 bridgehead atoms. The molecule has 0 amide bonds. The van der Waals surface area contributed by atoms with Gasteiger partial charge in [-0.1, -0.05) is 42.3 Å². The summed E-state index contributed by atoms with van der Waals surface area (Å²) >= 11 is 0. The van der Waals surface area contributed by atoms with Crippen molar-refractivity contribution in [2.45, 2.75) is 19.5 Å². The minimum absolute atomic E-state index is 0. The molecule has 0 saturated carbocycles. The smallest absolute Gasteiger partial charge is 0.668 e. The molecule has 1 aromatic heterocycles. The van der Waals surface area contributed by atoms with Crippen molar-refractivity contribution >= 4 is 0 Å². The summed E-state index contributed by atoms with van der Waals surface area (Å²) in [4.78, 5) is 6.51. The number of hydrogen-bond acceptors (Lipinski definition) is 2. The zero-order valence-electron chi connectivity index (χ0n) is 19.0. The third-order valence-electron chi connectivity index (χ3n) is 5.99. The van der Waals surface area contributed by atoms with Crippen LogP contribution in [0.25, 0.3) is 27.7 Å². The van der Waals surface area contributed by atoms with E-state index < -0.39 is 11.6 Å². The number of aromatic nitrogens is 1. The quantitative estimate of drug-likeness (QED) is 0.221. The molecule has 0 fully saturated rings. The summed E-state index contributed by atoms with van der Waals surface area (Å²) in [6.07, 6.45) is 6.87. The number of rotatable bonds is 2. The summed E-state index contributed by atoms with van der Waals surface area (Å²) in [7, 11) is 0. The van der Waals surface area contributed by atoms with Crippen LogP contribution in [-0.2, 0) is 26.5 Å². The molecule has 3 aromatic carbocycles. The summed E-state index contributed by atoms with van der Waals surface area (Å²) < 4.78 is 27.5. The second-order valence-corrected chi connectivity index (χ2v) is 8.16. The van der Waals surface area contributed by atoms with Gasteiger partial charge in [-0.15, -0.1) is 18.2 Å². The van der Waals surface area contributed by atoms with E-state index >= 15 is 0 Å². The molecule has 6 rings (SSSR count). The Labute approximate surface area is 217 Å². The number of pyridine rings is 1. The van der Waals surface area contributed by atoms with Gasteiger partial charge >= 0.3 is 20.1 Å². The Morgan fingerprint density at radius 3 is 2.69 bits per heavy atom. The second kappa shape index (κ2) is 10.9. The topological polar surface area (TPSA) is 30.2 Å². The first-order valence-electron chi connectivity index (χ1n) is 11.1. The molecule has 0 radical (unpaired) electrons. The average molecular weight is 643 g/mol. The van der Waals surface area contributed by atoms with Crippen LogP contribution in [0.2, 0.25) is 0 Å². The fourth-order valence-electron chi connectivity index (χ4n) is 4.34. The third kappa shape index (κ3) is 5.19. The molecule has 0 aliphatic carbocycles. The van der Waals surface area contributed by atoms with E-state index in [2.05, 4.69) is 45.7 Å². The maximum absolute atomic E-state index is 14.0. The van der Waals surface area contributed by atoms with Crippen LogP contribution in [0.5, 0.6) is 0 Å². The molecular weight excluding hydrogens is 621 g/mol. The Balaban J connectivity index is 0.000000177. The second-order valence-electron chi connectivity index (χ2n) is 8.16. The third-order valence-corrected chi connectivity index (χ3v) is 5.99. The minimum Gasteiger partial charge on any atom is -0.668 e. The van der Waals surface area contributed by atoms with E-state index in [-0.39, 0.29) is 31.8 Å². The van der Waals surface area contributed by atoms with Gasteiger partial charge in [-0.25, -0.2) is 4.39 Å². The molecule has 35 heavy (non-hydrogen) atoms.